The van der Waals surface area contributed by atoms with Gasteiger partial charge in [0.05, 0.1) is 18.1 Å². The normalized spacial score (nSPS) is 27.1. The Hall–Kier alpha value is -0.870. The molecule has 1 fully saturated rings. The predicted octanol–water partition coefficient (Wildman–Crippen LogP) is 3.66. The number of aliphatic hydroxyl groups is 2. The topological polar surface area (TPSA) is 77.8 Å². The van der Waals surface area contributed by atoms with E-state index in [4.69, 9.17) is 5.11 Å². The molecule has 128 valence electrons. The van der Waals surface area contributed by atoms with Gasteiger partial charge in [0.15, 0.2) is 0 Å². The van der Waals surface area contributed by atoms with Gasteiger partial charge in [-0.1, -0.05) is 51.2 Å². The highest BCUT2D eigenvalue weighted by Gasteiger charge is 2.35. The molecule has 0 aromatic rings. The van der Waals surface area contributed by atoms with Crippen molar-refractivity contribution < 1.29 is 20.1 Å². The van der Waals surface area contributed by atoms with Gasteiger partial charge in [0, 0.05) is 0 Å². The van der Waals surface area contributed by atoms with Crippen LogP contribution < -0.4 is 0 Å². The van der Waals surface area contributed by atoms with E-state index in [0.717, 1.165) is 25.7 Å². The molecule has 0 aromatic heterocycles. The molecule has 0 radical (unpaired) electrons. The van der Waals surface area contributed by atoms with Gasteiger partial charge >= 0.3 is 5.97 Å². The van der Waals surface area contributed by atoms with Crippen molar-refractivity contribution in [3.8, 4) is 0 Å². The van der Waals surface area contributed by atoms with E-state index in [1.807, 2.05) is 12.2 Å². The van der Waals surface area contributed by atoms with Crippen LogP contribution in [0.2, 0.25) is 0 Å². The molecule has 1 rings (SSSR count). The van der Waals surface area contributed by atoms with Crippen molar-refractivity contribution in [1.29, 1.82) is 0 Å². The van der Waals surface area contributed by atoms with Gasteiger partial charge in [-0.15, -0.1) is 0 Å². The highest BCUT2D eigenvalue weighted by Crippen LogP contribution is 2.35. The summed E-state index contributed by atoms with van der Waals surface area (Å²) in [5.74, 6) is -0.771. The van der Waals surface area contributed by atoms with Crippen molar-refractivity contribution in [2.75, 3.05) is 0 Å². The van der Waals surface area contributed by atoms with E-state index < -0.39 is 17.7 Å². The Bertz CT molecular complexity index is 353. The summed E-state index contributed by atoms with van der Waals surface area (Å²) in [4.78, 5) is 10.8. The number of unbranched alkanes of at least 4 members (excludes halogenated alkanes) is 4. The minimum absolute atomic E-state index is 0.174. The highest BCUT2D eigenvalue weighted by atomic mass is 16.4. The fourth-order valence-corrected chi connectivity index (χ4v) is 3.33. The second kappa shape index (κ2) is 10.0. The lowest BCUT2D eigenvalue weighted by Gasteiger charge is -2.34. The summed E-state index contributed by atoms with van der Waals surface area (Å²) in [5, 5.41) is 29.2. The minimum Gasteiger partial charge on any atom is -0.481 e. The van der Waals surface area contributed by atoms with E-state index in [9.17, 15) is 15.0 Å². The Morgan fingerprint density at radius 3 is 2.73 bits per heavy atom. The van der Waals surface area contributed by atoms with Crippen molar-refractivity contribution in [2.45, 2.75) is 89.3 Å². The fourth-order valence-electron chi connectivity index (χ4n) is 3.33. The number of aliphatic hydroxyl groups excluding tert-OH is 1. The van der Waals surface area contributed by atoms with Crippen molar-refractivity contribution in [3.63, 3.8) is 0 Å². The summed E-state index contributed by atoms with van der Waals surface area (Å²) >= 11 is 0. The molecule has 3 unspecified atom stereocenters. The fraction of sp³-hybridized carbons (Fsp3) is 0.833. The second-order valence-corrected chi connectivity index (χ2v) is 6.81. The van der Waals surface area contributed by atoms with Gasteiger partial charge < -0.3 is 15.3 Å². The zero-order chi connectivity index (χ0) is 16.4. The first-order valence-electron chi connectivity index (χ1n) is 8.76. The molecule has 3 N–H and O–H groups in total. The van der Waals surface area contributed by atoms with Gasteiger partial charge in [-0.3, -0.25) is 4.79 Å². The van der Waals surface area contributed by atoms with Crippen LogP contribution in [0.3, 0.4) is 0 Å². The number of rotatable bonds is 10. The van der Waals surface area contributed by atoms with E-state index in [2.05, 4.69) is 6.92 Å². The average molecular weight is 312 g/mol. The maximum Gasteiger partial charge on any atom is 0.306 e. The smallest absolute Gasteiger partial charge is 0.306 e. The minimum atomic E-state index is -1.08. The Balaban J connectivity index is 2.30. The molecule has 0 amide bonds. The van der Waals surface area contributed by atoms with Gasteiger partial charge in [0.1, 0.15) is 0 Å². The SMILES string of the molecule is CCCCCCCC(O)/C=C/C1CCCC(O)(CC(=O)O)C1. The predicted molar refractivity (Wildman–Crippen MR) is 87.7 cm³/mol. The van der Waals surface area contributed by atoms with Gasteiger partial charge in [-0.2, -0.15) is 0 Å². The molecule has 0 aliphatic heterocycles. The Labute approximate surface area is 134 Å². The number of carboxylic acid groups (broad SMARTS) is 1. The summed E-state index contributed by atoms with van der Waals surface area (Å²) in [7, 11) is 0. The summed E-state index contributed by atoms with van der Waals surface area (Å²) in [6, 6.07) is 0. The molecule has 22 heavy (non-hydrogen) atoms. The Kier molecular flexibility index (Phi) is 8.72. The molecule has 0 heterocycles. The van der Waals surface area contributed by atoms with Crippen LogP contribution in [0.1, 0.15) is 77.6 Å². The third-order valence-corrected chi connectivity index (χ3v) is 4.55. The summed E-state index contributed by atoms with van der Waals surface area (Å²) in [6.45, 7) is 2.19. The number of allylic oxidation sites excluding steroid dienone is 1. The molecule has 1 saturated carbocycles. The van der Waals surface area contributed by atoms with Crippen LogP contribution >= 0.6 is 0 Å². The monoisotopic (exact) mass is 312 g/mol. The molecular weight excluding hydrogens is 280 g/mol. The van der Waals surface area contributed by atoms with Gasteiger partial charge in [-0.25, -0.2) is 0 Å². The third-order valence-electron chi connectivity index (χ3n) is 4.55. The molecule has 0 spiro atoms. The standard InChI is InChI=1S/C18H32O4/c1-2-3-4-5-6-9-16(19)11-10-15-8-7-12-18(22,13-15)14-17(20)21/h10-11,15-16,19,22H,2-9,12-14H2,1H3,(H,20,21)/b11-10+. The quantitative estimate of drug-likeness (QED) is 0.425. The number of carboxylic acids is 1. The molecule has 1 aliphatic rings. The molecule has 0 aromatic carbocycles. The molecule has 4 nitrogen and oxygen atoms in total. The summed E-state index contributed by atoms with van der Waals surface area (Å²) < 4.78 is 0. The van der Waals surface area contributed by atoms with Crippen LogP contribution in [0, 0.1) is 5.92 Å². The van der Waals surface area contributed by atoms with Crippen molar-refractivity contribution >= 4 is 5.97 Å². The first-order chi connectivity index (χ1) is 10.4. The van der Waals surface area contributed by atoms with Gasteiger partial charge in [-0.05, 0) is 38.0 Å². The van der Waals surface area contributed by atoms with Crippen LogP contribution in [-0.2, 0) is 4.79 Å². The lowest BCUT2D eigenvalue weighted by atomic mass is 9.76. The maximum atomic E-state index is 10.8. The first kappa shape index (κ1) is 19.2. The number of hydrogen-bond donors (Lipinski definition) is 3. The molecule has 1 aliphatic carbocycles. The van der Waals surface area contributed by atoms with E-state index in [1.165, 1.54) is 25.7 Å². The van der Waals surface area contributed by atoms with E-state index in [0.29, 0.717) is 12.8 Å². The lowest BCUT2D eigenvalue weighted by Crippen LogP contribution is -2.37. The molecule has 3 atom stereocenters. The van der Waals surface area contributed by atoms with Crippen molar-refractivity contribution in [2.24, 2.45) is 5.92 Å². The largest absolute Gasteiger partial charge is 0.481 e. The Morgan fingerprint density at radius 1 is 1.32 bits per heavy atom. The van der Waals surface area contributed by atoms with Gasteiger partial charge in [0.25, 0.3) is 0 Å². The summed E-state index contributed by atoms with van der Waals surface area (Å²) in [6.07, 6.45) is 12.8. The first-order valence-corrected chi connectivity index (χ1v) is 8.76. The molecular formula is C18H32O4. The summed E-state index contributed by atoms with van der Waals surface area (Å²) in [5.41, 5.74) is -1.08. The number of aliphatic carboxylic acids is 1. The lowest BCUT2D eigenvalue weighted by molar-refractivity contribution is -0.144. The maximum absolute atomic E-state index is 10.8. The van der Waals surface area contributed by atoms with Crippen LogP contribution in [0.5, 0.6) is 0 Å². The van der Waals surface area contributed by atoms with Crippen LogP contribution in [-0.4, -0.2) is 33.0 Å². The third kappa shape index (κ3) is 7.95. The molecule has 4 heteroatoms. The van der Waals surface area contributed by atoms with E-state index in [1.54, 1.807) is 0 Å². The number of hydrogen-bond acceptors (Lipinski definition) is 3. The molecule has 0 saturated heterocycles. The number of carbonyl (C=O) groups is 1. The zero-order valence-electron chi connectivity index (χ0n) is 13.8. The van der Waals surface area contributed by atoms with E-state index in [-0.39, 0.29) is 12.3 Å². The van der Waals surface area contributed by atoms with Crippen LogP contribution in [0.25, 0.3) is 0 Å². The molecule has 0 bridgehead atoms. The van der Waals surface area contributed by atoms with Crippen LogP contribution in [0.4, 0.5) is 0 Å². The second-order valence-electron chi connectivity index (χ2n) is 6.81. The average Bonchev–Trinajstić information content (AvgIpc) is 2.43. The van der Waals surface area contributed by atoms with Crippen molar-refractivity contribution in [3.05, 3.63) is 12.2 Å². The Morgan fingerprint density at radius 2 is 2.05 bits per heavy atom. The van der Waals surface area contributed by atoms with Crippen molar-refractivity contribution in [1.82, 2.24) is 0 Å². The highest BCUT2D eigenvalue weighted by molar-refractivity contribution is 5.68. The zero-order valence-corrected chi connectivity index (χ0v) is 13.8. The van der Waals surface area contributed by atoms with E-state index >= 15 is 0 Å². The van der Waals surface area contributed by atoms with Crippen LogP contribution in [0.15, 0.2) is 12.2 Å². The van der Waals surface area contributed by atoms with Gasteiger partial charge in [0.2, 0.25) is 0 Å².